The van der Waals surface area contributed by atoms with Gasteiger partial charge in [-0.25, -0.2) is 0 Å². The molecule has 0 aromatic carbocycles. The highest BCUT2D eigenvalue weighted by atomic mass is 32.2. The van der Waals surface area contributed by atoms with Crippen LogP contribution in [-0.2, 0) is 22.1 Å². The number of aromatic nitrogens is 2. The molecule has 0 radical (unpaired) electrons. The first kappa shape index (κ1) is 16.9. The fourth-order valence-corrected chi connectivity index (χ4v) is 3.90. The van der Waals surface area contributed by atoms with Gasteiger partial charge >= 0.3 is 0 Å². The standard InChI is InChI=1S/C13H23N5O3S/c1-5-6-14-13(19)12-7-11(16-22(20,21)18(12)4)10-8-17(3)15-9(10)2/h8,11-12,16H,5-7H2,1-4H3,(H,14,19)/t11-,12-/m1/s1. The van der Waals surface area contributed by atoms with E-state index in [-0.39, 0.29) is 5.91 Å². The molecule has 0 aliphatic carbocycles. The lowest BCUT2D eigenvalue weighted by atomic mass is 10.00. The third-order valence-electron chi connectivity index (χ3n) is 3.85. The topological polar surface area (TPSA) is 96.3 Å². The zero-order valence-corrected chi connectivity index (χ0v) is 14.1. The second-order valence-corrected chi connectivity index (χ2v) is 7.34. The lowest BCUT2D eigenvalue weighted by Crippen LogP contribution is -2.57. The predicted molar refractivity (Wildman–Crippen MR) is 82.2 cm³/mol. The van der Waals surface area contributed by atoms with E-state index in [4.69, 9.17) is 0 Å². The largest absolute Gasteiger partial charge is 0.355 e. The maximum Gasteiger partial charge on any atom is 0.280 e. The Morgan fingerprint density at radius 3 is 2.73 bits per heavy atom. The van der Waals surface area contributed by atoms with Gasteiger partial charge in [0.05, 0.1) is 11.7 Å². The van der Waals surface area contributed by atoms with E-state index in [9.17, 15) is 13.2 Å². The van der Waals surface area contributed by atoms with Crippen LogP contribution in [0, 0.1) is 6.92 Å². The number of rotatable bonds is 4. The Kier molecular flexibility index (Phi) is 4.88. The van der Waals surface area contributed by atoms with Crippen molar-refractivity contribution in [2.24, 2.45) is 7.05 Å². The highest BCUT2D eigenvalue weighted by Crippen LogP contribution is 2.29. The third kappa shape index (κ3) is 3.31. The number of nitrogens with one attached hydrogen (secondary N) is 2. The molecule has 1 aliphatic rings. The molecule has 9 heteroatoms. The van der Waals surface area contributed by atoms with Crippen molar-refractivity contribution in [1.82, 2.24) is 24.1 Å². The third-order valence-corrected chi connectivity index (χ3v) is 5.44. The highest BCUT2D eigenvalue weighted by Gasteiger charge is 2.41. The van der Waals surface area contributed by atoms with Crippen LogP contribution >= 0.6 is 0 Å². The predicted octanol–water partition coefficient (Wildman–Crippen LogP) is -0.166. The highest BCUT2D eigenvalue weighted by molar-refractivity contribution is 7.87. The second kappa shape index (κ2) is 6.35. The van der Waals surface area contributed by atoms with Crippen LogP contribution in [-0.4, -0.2) is 48.0 Å². The second-order valence-electron chi connectivity index (χ2n) is 5.58. The molecule has 0 unspecified atom stereocenters. The summed E-state index contributed by atoms with van der Waals surface area (Å²) < 4.78 is 29.9. The summed E-state index contributed by atoms with van der Waals surface area (Å²) in [6, 6.07) is -1.17. The summed E-state index contributed by atoms with van der Waals surface area (Å²) in [6.07, 6.45) is 2.96. The van der Waals surface area contributed by atoms with Crippen molar-refractivity contribution in [3.05, 3.63) is 17.5 Å². The van der Waals surface area contributed by atoms with Gasteiger partial charge in [0.25, 0.3) is 10.2 Å². The summed E-state index contributed by atoms with van der Waals surface area (Å²) >= 11 is 0. The van der Waals surface area contributed by atoms with Crippen molar-refractivity contribution < 1.29 is 13.2 Å². The van der Waals surface area contributed by atoms with Crippen LogP contribution in [0.5, 0.6) is 0 Å². The monoisotopic (exact) mass is 329 g/mol. The maximum atomic E-state index is 12.3. The summed E-state index contributed by atoms with van der Waals surface area (Å²) in [5.74, 6) is -0.263. The molecule has 1 amide bonds. The summed E-state index contributed by atoms with van der Waals surface area (Å²) in [5, 5.41) is 7.01. The number of likely N-dealkylation sites (N-methyl/N-ethyl adjacent to an activating group) is 1. The molecular formula is C13H23N5O3S. The SMILES string of the molecule is CCCNC(=O)[C@H]1C[C@H](c2cn(C)nc2C)NS(=O)(=O)N1C. The zero-order chi connectivity index (χ0) is 16.5. The van der Waals surface area contributed by atoms with E-state index < -0.39 is 22.3 Å². The fraction of sp³-hybridized carbons (Fsp3) is 0.692. The maximum absolute atomic E-state index is 12.3. The van der Waals surface area contributed by atoms with E-state index in [2.05, 4.69) is 15.1 Å². The van der Waals surface area contributed by atoms with Gasteiger partial charge in [0.15, 0.2) is 0 Å². The Labute approximate surface area is 131 Å². The first-order valence-corrected chi connectivity index (χ1v) is 8.73. The van der Waals surface area contributed by atoms with Gasteiger partial charge in [0, 0.05) is 32.4 Å². The van der Waals surface area contributed by atoms with Crippen molar-refractivity contribution in [1.29, 1.82) is 0 Å². The molecule has 1 saturated heterocycles. The Balaban J connectivity index is 2.28. The van der Waals surface area contributed by atoms with Gasteiger partial charge < -0.3 is 5.32 Å². The molecule has 2 rings (SSSR count). The molecule has 2 atom stereocenters. The number of carbonyl (C=O) groups is 1. The minimum absolute atomic E-state index is 0.263. The van der Waals surface area contributed by atoms with Gasteiger partial charge in [0.1, 0.15) is 6.04 Å². The van der Waals surface area contributed by atoms with Crippen molar-refractivity contribution in [2.75, 3.05) is 13.6 Å². The van der Waals surface area contributed by atoms with Crippen molar-refractivity contribution in [3.63, 3.8) is 0 Å². The Hall–Kier alpha value is -1.45. The van der Waals surface area contributed by atoms with E-state index in [0.717, 1.165) is 22.0 Å². The van der Waals surface area contributed by atoms with Gasteiger partial charge in [-0.15, -0.1) is 0 Å². The molecule has 0 bridgehead atoms. The molecule has 0 saturated carbocycles. The number of hydrogen-bond acceptors (Lipinski definition) is 4. The first-order valence-electron chi connectivity index (χ1n) is 7.29. The average molecular weight is 329 g/mol. The summed E-state index contributed by atoms with van der Waals surface area (Å²) in [5.41, 5.74) is 1.56. The minimum atomic E-state index is -3.70. The number of nitrogens with zero attached hydrogens (tertiary/aromatic N) is 3. The van der Waals surface area contributed by atoms with Gasteiger partial charge in [-0.1, -0.05) is 6.92 Å². The average Bonchev–Trinajstić information content (AvgIpc) is 2.77. The minimum Gasteiger partial charge on any atom is -0.355 e. The lowest BCUT2D eigenvalue weighted by molar-refractivity contribution is -0.125. The van der Waals surface area contributed by atoms with Gasteiger partial charge in [0.2, 0.25) is 5.91 Å². The van der Waals surface area contributed by atoms with Gasteiger partial charge in [-0.2, -0.15) is 22.5 Å². The van der Waals surface area contributed by atoms with Crippen LogP contribution in [0.1, 0.15) is 37.1 Å². The van der Waals surface area contributed by atoms with Crippen molar-refractivity contribution in [3.8, 4) is 0 Å². The van der Waals surface area contributed by atoms with Crippen LogP contribution in [0.25, 0.3) is 0 Å². The van der Waals surface area contributed by atoms with E-state index in [0.29, 0.717) is 13.0 Å². The van der Waals surface area contributed by atoms with Gasteiger partial charge in [-0.3, -0.25) is 9.48 Å². The van der Waals surface area contributed by atoms with E-state index in [1.165, 1.54) is 7.05 Å². The molecule has 2 N–H and O–H groups in total. The van der Waals surface area contributed by atoms with E-state index in [1.54, 1.807) is 17.9 Å². The molecule has 8 nitrogen and oxygen atoms in total. The van der Waals surface area contributed by atoms with Crippen molar-refractivity contribution in [2.45, 2.75) is 38.8 Å². The fourth-order valence-electron chi connectivity index (χ4n) is 2.64. The summed E-state index contributed by atoms with van der Waals surface area (Å²) in [4.78, 5) is 12.3. The van der Waals surface area contributed by atoms with E-state index >= 15 is 0 Å². The number of amides is 1. The van der Waals surface area contributed by atoms with Crippen molar-refractivity contribution >= 4 is 16.1 Å². The molecule has 1 aromatic heterocycles. The number of aryl methyl sites for hydroxylation is 2. The smallest absolute Gasteiger partial charge is 0.280 e. The number of hydrogen-bond donors (Lipinski definition) is 2. The van der Waals surface area contributed by atoms with Crippen LogP contribution < -0.4 is 10.0 Å². The molecule has 1 aromatic rings. The van der Waals surface area contributed by atoms with Gasteiger partial charge in [-0.05, 0) is 19.8 Å². The van der Waals surface area contributed by atoms with Crippen LogP contribution in [0.15, 0.2) is 6.20 Å². The Morgan fingerprint density at radius 1 is 1.50 bits per heavy atom. The molecule has 22 heavy (non-hydrogen) atoms. The van der Waals surface area contributed by atoms with Crippen LogP contribution in [0.4, 0.5) is 0 Å². The molecule has 1 aliphatic heterocycles. The lowest BCUT2D eigenvalue weighted by Gasteiger charge is -2.36. The molecule has 1 fully saturated rings. The van der Waals surface area contributed by atoms with Crippen LogP contribution in [0.3, 0.4) is 0 Å². The van der Waals surface area contributed by atoms with E-state index in [1.807, 2.05) is 13.8 Å². The van der Waals surface area contributed by atoms with Crippen LogP contribution in [0.2, 0.25) is 0 Å². The summed E-state index contributed by atoms with van der Waals surface area (Å²) in [6.45, 7) is 4.31. The first-order chi connectivity index (χ1) is 10.3. The Morgan fingerprint density at radius 2 is 2.18 bits per heavy atom. The zero-order valence-electron chi connectivity index (χ0n) is 13.3. The number of carbonyl (C=O) groups excluding carboxylic acids is 1. The normalized spacial score (nSPS) is 25.1. The molecule has 0 spiro atoms. The molecule has 2 heterocycles. The quantitative estimate of drug-likeness (QED) is 0.802. The summed E-state index contributed by atoms with van der Waals surface area (Å²) in [7, 11) is -0.495. The molecular weight excluding hydrogens is 306 g/mol. The molecule has 124 valence electrons. The Bertz CT molecular complexity index is 655.